The van der Waals surface area contributed by atoms with Gasteiger partial charge in [0.05, 0.1) is 10.7 Å². The second kappa shape index (κ2) is 6.67. The number of amides is 1. The highest BCUT2D eigenvalue weighted by molar-refractivity contribution is 6.34. The van der Waals surface area contributed by atoms with Gasteiger partial charge in [0.15, 0.2) is 0 Å². The van der Waals surface area contributed by atoms with E-state index in [-0.39, 0.29) is 11.4 Å². The van der Waals surface area contributed by atoms with Crippen molar-refractivity contribution in [1.29, 1.82) is 0 Å². The minimum atomic E-state index is -0.00123. The summed E-state index contributed by atoms with van der Waals surface area (Å²) in [5.41, 5.74) is 7.12. The third-order valence-corrected chi connectivity index (χ3v) is 4.48. The SMILES string of the molecule is CC1(C)CCCN1CCCC(=O)Nc1ccc(N)cc1Cl. The van der Waals surface area contributed by atoms with Gasteiger partial charge in [-0.3, -0.25) is 9.69 Å². The molecule has 1 amide bonds. The van der Waals surface area contributed by atoms with Gasteiger partial charge in [0.2, 0.25) is 5.91 Å². The van der Waals surface area contributed by atoms with E-state index in [2.05, 4.69) is 24.1 Å². The fourth-order valence-electron chi connectivity index (χ4n) is 2.85. The highest BCUT2D eigenvalue weighted by Crippen LogP contribution is 2.28. The number of hydrogen-bond acceptors (Lipinski definition) is 3. The second-order valence-corrected chi connectivity index (χ2v) is 6.70. The van der Waals surface area contributed by atoms with Crippen molar-refractivity contribution in [2.45, 2.75) is 45.1 Å². The van der Waals surface area contributed by atoms with Gasteiger partial charge in [-0.2, -0.15) is 0 Å². The molecule has 5 heteroatoms. The Morgan fingerprint density at radius 2 is 2.24 bits per heavy atom. The van der Waals surface area contributed by atoms with Crippen molar-refractivity contribution < 1.29 is 4.79 Å². The highest BCUT2D eigenvalue weighted by atomic mass is 35.5. The van der Waals surface area contributed by atoms with E-state index in [0.717, 1.165) is 19.5 Å². The summed E-state index contributed by atoms with van der Waals surface area (Å²) in [4.78, 5) is 14.4. The summed E-state index contributed by atoms with van der Waals surface area (Å²) in [6.07, 6.45) is 3.86. The van der Waals surface area contributed by atoms with Gasteiger partial charge < -0.3 is 11.1 Å². The zero-order valence-electron chi connectivity index (χ0n) is 12.8. The number of nitrogens with one attached hydrogen (secondary N) is 1. The highest BCUT2D eigenvalue weighted by Gasteiger charge is 2.31. The second-order valence-electron chi connectivity index (χ2n) is 6.29. The number of anilines is 2. The smallest absolute Gasteiger partial charge is 0.224 e. The van der Waals surface area contributed by atoms with Crippen molar-refractivity contribution >= 4 is 28.9 Å². The normalized spacial score (nSPS) is 17.9. The Kier molecular flexibility index (Phi) is 5.12. The third kappa shape index (κ3) is 4.35. The predicted molar refractivity (Wildman–Crippen MR) is 88.6 cm³/mol. The van der Waals surface area contributed by atoms with E-state index in [1.165, 1.54) is 12.8 Å². The number of halogens is 1. The Morgan fingerprint density at radius 1 is 1.48 bits per heavy atom. The molecule has 116 valence electrons. The van der Waals surface area contributed by atoms with Crippen molar-refractivity contribution in [3.8, 4) is 0 Å². The molecule has 0 atom stereocenters. The van der Waals surface area contributed by atoms with E-state index in [4.69, 9.17) is 17.3 Å². The van der Waals surface area contributed by atoms with Crippen LogP contribution in [0.2, 0.25) is 5.02 Å². The van der Waals surface area contributed by atoms with Gasteiger partial charge in [0.25, 0.3) is 0 Å². The number of likely N-dealkylation sites (tertiary alicyclic amines) is 1. The van der Waals surface area contributed by atoms with E-state index in [9.17, 15) is 4.79 Å². The lowest BCUT2D eigenvalue weighted by Gasteiger charge is -2.31. The third-order valence-electron chi connectivity index (χ3n) is 4.17. The van der Waals surface area contributed by atoms with Crippen LogP contribution in [0, 0.1) is 0 Å². The molecule has 2 rings (SSSR count). The standard InChI is InChI=1S/C16H24ClN3O/c1-16(2)8-4-10-20(16)9-3-5-15(21)19-14-7-6-12(18)11-13(14)17/h6-7,11H,3-5,8-10,18H2,1-2H3,(H,19,21). The molecular weight excluding hydrogens is 286 g/mol. The molecule has 1 aromatic carbocycles. The zero-order chi connectivity index (χ0) is 15.5. The number of rotatable bonds is 5. The fourth-order valence-corrected chi connectivity index (χ4v) is 3.09. The Bertz CT molecular complexity index is 516. The number of carbonyl (C=O) groups is 1. The van der Waals surface area contributed by atoms with Gasteiger partial charge >= 0.3 is 0 Å². The van der Waals surface area contributed by atoms with Crippen LogP contribution in [0.15, 0.2) is 18.2 Å². The molecule has 1 aliphatic rings. The lowest BCUT2D eigenvalue weighted by atomic mass is 10.0. The van der Waals surface area contributed by atoms with Crippen LogP contribution >= 0.6 is 11.6 Å². The summed E-state index contributed by atoms with van der Waals surface area (Å²) < 4.78 is 0. The quantitative estimate of drug-likeness (QED) is 0.818. The molecule has 3 N–H and O–H groups in total. The fraction of sp³-hybridized carbons (Fsp3) is 0.562. The molecule has 0 aromatic heterocycles. The average molecular weight is 310 g/mol. The first-order valence-electron chi connectivity index (χ1n) is 7.48. The van der Waals surface area contributed by atoms with Gasteiger partial charge in [-0.05, 0) is 64.4 Å². The Balaban J connectivity index is 1.77. The van der Waals surface area contributed by atoms with Crippen LogP contribution in [0.25, 0.3) is 0 Å². The number of nitrogens with zero attached hydrogens (tertiary/aromatic N) is 1. The van der Waals surface area contributed by atoms with Crippen LogP contribution in [0.1, 0.15) is 39.5 Å². The van der Waals surface area contributed by atoms with Crippen LogP contribution < -0.4 is 11.1 Å². The molecule has 0 unspecified atom stereocenters. The molecule has 1 heterocycles. The molecule has 1 aromatic rings. The first kappa shape index (κ1) is 16.1. The number of nitrogen functional groups attached to an aromatic ring is 1. The van der Waals surface area contributed by atoms with Gasteiger partial charge in [-0.25, -0.2) is 0 Å². The van der Waals surface area contributed by atoms with Crippen molar-refractivity contribution in [3.05, 3.63) is 23.2 Å². The minimum Gasteiger partial charge on any atom is -0.399 e. The topological polar surface area (TPSA) is 58.4 Å². The van der Waals surface area contributed by atoms with E-state index in [0.29, 0.717) is 22.8 Å². The minimum absolute atomic E-state index is 0.00123. The maximum atomic E-state index is 12.0. The van der Waals surface area contributed by atoms with E-state index in [1.54, 1.807) is 18.2 Å². The van der Waals surface area contributed by atoms with Crippen molar-refractivity contribution in [1.82, 2.24) is 4.90 Å². The Hall–Kier alpha value is -1.26. The van der Waals surface area contributed by atoms with E-state index in [1.807, 2.05) is 0 Å². The molecule has 0 aliphatic carbocycles. The van der Waals surface area contributed by atoms with Gasteiger partial charge in [-0.1, -0.05) is 11.6 Å². The molecule has 21 heavy (non-hydrogen) atoms. The molecule has 0 bridgehead atoms. The van der Waals surface area contributed by atoms with Crippen molar-refractivity contribution in [2.75, 3.05) is 24.1 Å². The largest absolute Gasteiger partial charge is 0.399 e. The number of carbonyl (C=O) groups excluding carboxylic acids is 1. The summed E-state index contributed by atoms with van der Waals surface area (Å²) in [5, 5.41) is 3.31. The number of hydrogen-bond donors (Lipinski definition) is 2. The van der Waals surface area contributed by atoms with Gasteiger partial charge in [0.1, 0.15) is 0 Å². The summed E-state index contributed by atoms with van der Waals surface area (Å²) in [6.45, 7) is 6.65. The van der Waals surface area contributed by atoms with Crippen LogP contribution in [0.5, 0.6) is 0 Å². The van der Waals surface area contributed by atoms with Crippen molar-refractivity contribution in [3.63, 3.8) is 0 Å². The Labute approximate surface area is 131 Å². The molecule has 0 radical (unpaired) electrons. The van der Waals surface area contributed by atoms with Crippen LogP contribution in [-0.2, 0) is 4.79 Å². The predicted octanol–water partition coefficient (Wildman–Crippen LogP) is 3.52. The average Bonchev–Trinajstić information content (AvgIpc) is 2.72. The Morgan fingerprint density at radius 3 is 2.86 bits per heavy atom. The van der Waals surface area contributed by atoms with Gasteiger partial charge in [0, 0.05) is 17.6 Å². The first-order chi connectivity index (χ1) is 9.88. The zero-order valence-corrected chi connectivity index (χ0v) is 13.5. The molecule has 0 spiro atoms. The molecule has 4 nitrogen and oxygen atoms in total. The van der Waals surface area contributed by atoms with E-state index >= 15 is 0 Å². The lowest BCUT2D eigenvalue weighted by molar-refractivity contribution is -0.116. The molecule has 1 saturated heterocycles. The summed E-state index contributed by atoms with van der Waals surface area (Å²) >= 11 is 6.05. The molecule has 1 fully saturated rings. The lowest BCUT2D eigenvalue weighted by Crippen LogP contribution is -2.38. The maximum absolute atomic E-state index is 12.0. The summed E-state index contributed by atoms with van der Waals surface area (Å²) in [7, 11) is 0. The number of nitrogens with two attached hydrogens (primary N) is 1. The summed E-state index contributed by atoms with van der Waals surface area (Å²) in [5.74, 6) is -0.00123. The molecule has 0 saturated carbocycles. The van der Waals surface area contributed by atoms with E-state index < -0.39 is 0 Å². The van der Waals surface area contributed by atoms with Crippen LogP contribution in [0.3, 0.4) is 0 Å². The monoisotopic (exact) mass is 309 g/mol. The molecule has 1 aliphatic heterocycles. The molecular formula is C16H24ClN3O. The van der Waals surface area contributed by atoms with Crippen LogP contribution in [-0.4, -0.2) is 29.4 Å². The van der Waals surface area contributed by atoms with Crippen LogP contribution in [0.4, 0.5) is 11.4 Å². The number of benzene rings is 1. The van der Waals surface area contributed by atoms with Gasteiger partial charge in [-0.15, -0.1) is 0 Å². The first-order valence-corrected chi connectivity index (χ1v) is 7.86. The van der Waals surface area contributed by atoms with Crippen molar-refractivity contribution in [2.24, 2.45) is 0 Å². The maximum Gasteiger partial charge on any atom is 0.224 e. The summed E-state index contributed by atoms with van der Waals surface area (Å²) in [6, 6.07) is 5.11.